The molecule has 0 atom stereocenters. The Bertz CT molecular complexity index is 1330. The normalized spacial score (nSPS) is 10.6. The summed E-state index contributed by atoms with van der Waals surface area (Å²) in [6, 6.07) is 25.1. The van der Waals surface area contributed by atoms with E-state index >= 15 is 0 Å². The lowest BCUT2D eigenvalue weighted by Crippen LogP contribution is -2.26. The molecular weight excluding hydrogens is 469 g/mol. The van der Waals surface area contributed by atoms with E-state index in [1.165, 1.54) is 6.07 Å². The standard InChI is InChI=1S/C27H21Cl2N3O2/c1-32(17-18-7-3-2-4-8-18)27(34)19-10-12-21(24(29)15-19)26(33)31-20-11-13-23(28)22(16-20)25-9-5-6-14-30-25/h2-16H,17H2,1H3,(H,31,33). The molecule has 4 rings (SSSR count). The van der Waals surface area contributed by atoms with E-state index in [2.05, 4.69) is 10.3 Å². The minimum Gasteiger partial charge on any atom is -0.337 e. The van der Waals surface area contributed by atoms with Crippen LogP contribution in [0.15, 0.2) is 91.1 Å². The Morgan fingerprint density at radius 2 is 1.65 bits per heavy atom. The van der Waals surface area contributed by atoms with E-state index < -0.39 is 5.91 Å². The Kier molecular flexibility index (Phi) is 7.26. The van der Waals surface area contributed by atoms with Crippen LogP contribution in [-0.2, 0) is 6.54 Å². The summed E-state index contributed by atoms with van der Waals surface area (Å²) in [5.41, 5.74) is 3.64. The maximum atomic E-state index is 12.9. The molecule has 0 unspecified atom stereocenters. The molecular formula is C27H21Cl2N3O2. The van der Waals surface area contributed by atoms with Crippen molar-refractivity contribution in [1.29, 1.82) is 0 Å². The number of halogens is 2. The molecule has 1 N–H and O–H groups in total. The first-order valence-electron chi connectivity index (χ1n) is 10.5. The number of carbonyl (C=O) groups is 2. The number of pyridine rings is 1. The Morgan fingerprint density at radius 3 is 2.35 bits per heavy atom. The van der Waals surface area contributed by atoms with Gasteiger partial charge >= 0.3 is 0 Å². The molecule has 34 heavy (non-hydrogen) atoms. The largest absolute Gasteiger partial charge is 0.337 e. The Balaban J connectivity index is 1.49. The fourth-order valence-electron chi connectivity index (χ4n) is 3.50. The van der Waals surface area contributed by atoms with Crippen molar-refractivity contribution >= 4 is 40.7 Å². The molecule has 0 aliphatic rings. The fraction of sp³-hybridized carbons (Fsp3) is 0.0741. The zero-order chi connectivity index (χ0) is 24.1. The van der Waals surface area contributed by atoms with Crippen LogP contribution in [0, 0.1) is 0 Å². The molecule has 3 aromatic carbocycles. The summed E-state index contributed by atoms with van der Waals surface area (Å²) in [5.74, 6) is -0.577. The summed E-state index contributed by atoms with van der Waals surface area (Å²) in [6.07, 6.45) is 1.68. The van der Waals surface area contributed by atoms with Gasteiger partial charge in [-0.05, 0) is 54.1 Å². The highest BCUT2D eigenvalue weighted by atomic mass is 35.5. The van der Waals surface area contributed by atoms with E-state index in [9.17, 15) is 9.59 Å². The minimum absolute atomic E-state index is 0.185. The van der Waals surface area contributed by atoms with Crippen molar-refractivity contribution in [3.63, 3.8) is 0 Å². The fourth-order valence-corrected chi connectivity index (χ4v) is 3.98. The second kappa shape index (κ2) is 10.5. The monoisotopic (exact) mass is 489 g/mol. The predicted octanol–water partition coefficient (Wildman–Crippen LogP) is 6.58. The van der Waals surface area contributed by atoms with E-state index in [1.54, 1.807) is 48.5 Å². The third-order valence-electron chi connectivity index (χ3n) is 5.24. The van der Waals surface area contributed by atoms with Gasteiger partial charge in [-0.25, -0.2) is 0 Å². The highest BCUT2D eigenvalue weighted by Crippen LogP contribution is 2.30. The first-order valence-corrected chi connectivity index (χ1v) is 11.3. The van der Waals surface area contributed by atoms with Gasteiger partial charge in [-0.15, -0.1) is 0 Å². The number of benzene rings is 3. The topological polar surface area (TPSA) is 62.3 Å². The molecule has 0 aliphatic carbocycles. The number of nitrogens with one attached hydrogen (secondary N) is 1. The Labute approximate surface area is 208 Å². The summed E-state index contributed by atoms with van der Waals surface area (Å²) >= 11 is 12.7. The van der Waals surface area contributed by atoms with Crippen molar-refractivity contribution in [3.8, 4) is 11.3 Å². The van der Waals surface area contributed by atoms with Crippen molar-refractivity contribution in [3.05, 3.63) is 118 Å². The van der Waals surface area contributed by atoms with Gasteiger partial charge in [-0.2, -0.15) is 0 Å². The number of carbonyl (C=O) groups excluding carboxylic acids is 2. The van der Waals surface area contributed by atoms with Crippen LogP contribution in [0.4, 0.5) is 5.69 Å². The van der Waals surface area contributed by atoms with Gasteiger partial charge in [0.25, 0.3) is 11.8 Å². The summed E-state index contributed by atoms with van der Waals surface area (Å²) in [6.45, 7) is 0.467. The molecule has 0 bridgehead atoms. The first kappa shape index (κ1) is 23.5. The highest BCUT2D eigenvalue weighted by molar-refractivity contribution is 6.35. The van der Waals surface area contributed by atoms with Crippen molar-refractivity contribution in [2.45, 2.75) is 6.54 Å². The average Bonchev–Trinajstić information content (AvgIpc) is 2.85. The van der Waals surface area contributed by atoms with E-state index in [-0.39, 0.29) is 16.5 Å². The second-order valence-electron chi connectivity index (χ2n) is 7.71. The highest BCUT2D eigenvalue weighted by Gasteiger charge is 2.17. The zero-order valence-corrected chi connectivity index (χ0v) is 19.8. The number of aromatic nitrogens is 1. The van der Waals surface area contributed by atoms with Crippen LogP contribution >= 0.6 is 23.2 Å². The van der Waals surface area contributed by atoms with Crippen molar-refractivity contribution in [2.24, 2.45) is 0 Å². The molecule has 0 fully saturated rings. The van der Waals surface area contributed by atoms with E-state index in [1.807, 2.05) is 48.5 Å². The lowest BCUT2D eigenvalue weighted by Gasteiger charge is -2.18. The predicted molar refractivity (Wildman–Crippen MR) is 136 cm³/mol. The molecule has 0 radical (unpaired) electrons. The number of rotatable bonds is 6. The molecule has 4 aromatic rings. The van der Waals surface area contributed by atoms with Gasteiger partial charge in [0.05, 0.1) is 21.3 Å². The van der Waals surface area contributed by atoms with E-state index in [0.29, 0.717) is 34.1 Å². The molecule has 0 saturated carbocycles. The van der Waals surface area contributed by atoms with Gasteiger partial charge in [0.15, 0.2) is 0 Å². The lowest BCUT2D eigenvalue weighted by molar-refractivity contribution is 0.0784. The van der Waals surface area contributed by atoms with Crippen molar-refractivity contribution in [1.82, 2.24) is 9.88 Å². The lowest BCUT2D eigenvalue weighted by atomic mass is 10.1. The van der Waals surface area contributed by atoms with Gasteiger partial charge < -0.3 is 10.2 Å². The molecule has 0 saturated heterocycles. The van der Waals surface area contributed by atoms with Crippen molar-refractivity contribution < 1.29 is 9.59 Å². The minimum atomic E-state index is -0.393. The van der Waals surface area contributed by atoms with Crippen LogP contribution in [0.2, 0.25) is 10.0 Å². The van der Waals surface area contributed by atoms with Gasteiger partial charge in [0.2, 0.25) is 0 Å². The molecule has 2 amide bonds. The van der Waals surface area contributed by atoms with E-state index in [4.69, 9.17) is 23.2 Å². The molecule has 1 heterocycles. The quantitative estimate of drug-likeness (QED) is 0.332. The average molecular weight is 490 g/mol. The van der Waals surface area contributed by atoms with Gasteiger partial charge in [-0.1, -0.05) is 59.6 Å². The van der Waals surface area contributed by atoms with Gasteiger partial charge in [0.1, 0.15) is 0 Å². The number of amides is 2. The molecule has 170 valence electrons. The number of hydrogen-bond donors (Lipinski definition) is 1. The van der Waals surface area contributed by atoms with Crippen LogP contribution in [0.1, 0.15) is 26.3 Å². The smallest absolute Gasteiger partial charge is 0.257 e. The summed E-state index contributed by atoms with van der Waals surface area (Å²) in [4.78, 5) is 31.6. The maximum absolute atomic E-state index is 12.9. The van der Waals surface area contributed by atoms with Crippen LogP contribution in [0.5, 0.6) is 0 Å². The molecule has 0 spiro atoms. The van der Waals surface area contributed by atoms with Crippen LogP contribution in [0.25, 0.3) is 11.3 Å². The first-order chi connectivity index (χ1) is 16.4. The van der Waals surface area contributed by atoms with Crippen molar-refractivity contribution in [2.75, 3.05) is 12.4 Å². The molecule has 5 nitrogen and oxygen atoms in total. The van der Waals surface area contributed by atoms with Crippen LogP contribution < -0.4 is 5.32 Å². The Hall–Kier alpha value is -3.67. The van der Waals surface area contributed by atoms with Gasteiger partial charge in [0, 0.05) is 36.6 Å². The molecule has 7 heteroatoms. The molecule has 1 aromatic heterocycles. The Morgan fingerprint density at radius 1 is 0.882 bits per heavy atom. The number of hydrogen-bond acceptors (Lipinski definition) is 3. The number of nitrogens with zero attached hydrogens (tertiary/aromatic N) is 2. The number of anilines is 1. The third kappa shape index (κ3) is 5.45. The maximum Gasteiger partial charge on any atom is 0.257 e. The summed E-state index contributed by atoms with van der Waals surface area (Å²) in [7, 11) is 1.73. The van der Waals surface area contributed by atoms with Crippen LogP contribution in [0.3, 0.4) is 0 Å². The second-order valence-corrected chi connectivity index (χ2v) is 8.52. The molecule has 0 aliphatic heterocycles. The summed E-state index contributed by atoms with van der Waals surface area (Å²) in [5, 5.41) is 3.55. The summed E-state index contributed by atoms with van der Waals surface area (Å²) < 4.78 is 0. The zero-order valence-electron chi connectivity index (χ0n) is 18.3. The van der Waals surface area contributed by atoms with E-state index in [0.717, 1.165) is 5.56 Å². The van der Waals surface area contributed by atoms with Gasteiger partial charge in [-0.3, -0.25) is 14.6 Å². The van der Waals surface area contributed by atoms with Crippen LogP contribution in [-0.4, -0.2) is 28.7 Å². The SMILES string of the molecule is CN(Cc1ccccc1)C(=O)c1ccc(C(=O)Nc2ccc(Cl)c(-c3ccccn3)c2)c(Cl)c1. The third-order valence-corrected chi connectivity index (χ3v) is 5.88.